The van der Waals surface area contributed by atoms with Crippen molar-refractivity contribution < 1.29 is 0 Å². The Morgan fingerprint density at radius 3 is 2.76 bits per heavy atom. The molecule has 0 spiro atoms. The predicted octanol–water partition coefficient (Wildman–Crippen LogP) is 3.02. The lowest BCUT2D eigenvalue weighted by Crippen LogP contribution is -2.25. The van der Waals surface area contributed by atoms with E-state index in [1.807, 2.05) is 29.1 Å². The van der Waals surface area contributed by atoms with Gasteiger partial charge in [0.15, 0.2) is 0 Å². The average Bonchev–Trinajstić information content (AvgIpc) is 2.82. The zero-order chi connectivity index (χ0) is 15.2. The average molecular weight is 307 g/mol. The number of halogens is 1. The summed E-state index contributed by atoms with van der Waals surface area (Å²) in [5, 5.41) is 5.32. The third kappa shape index (κ3) is 4.05. The van der Waals surface area contributed by atoms with Gasteiger partial charge in [0, 0.05) is 30.9 Å². The van der Waals surface area contributed by atoms with Gasteiger partial charge in [-0.05, 0) is 38.3 Å². The molecular weight excluding hydrogens is 284 g/mol. The molecule has 0 radical (unpaired) electrons. The van der Waals surface area contributed by atoms with Gasteiger partial charge >= 0.3 is 0 Å². The van der Waals surface area contributed by atoms with Crippen molar-refractivity contribution in [2.75, 3.05) is 0 Å². The first-order valence-electron chi connectivity index (χ1n) is 7.55. The molecule has 2 rings (SSSR count). The van der Waals surface area contributed by atoms with Crippen LogP contribution in [0.5, 0.6) is 0 Å². The van der Waals surface area contributed by atoms with Gasteiger partial charge in [-0.25, -0.2) is 0 Å². The van der Waals surface area contributed by atoms with E-state index in [2.05, 4.69) is 23.9 Å². The minimum atomic E-state index is 0.0659. The normalized spacial score (nSPS) is 12.6. The van der Waals surface area contributed by atoms with E-state index >= 15 is 0 Å². The van der Waals surface area contributed by atoms with Crippen molar-refractivity contribution in [1.82, 2.24) is 14.8 Å². The smallest absolute Gasteiger partial charge is 0.0850 e. The molecule has 2 aromatic rings. The molecule has 2 N–H and O–H groups in total. The van der Waals surface area contributed by atoms with Gasteiger partial charge in [0.2, 0.25) is 0 Å². The van der Waals surface area contributed by atoms with Crippen molar-refractivity contribution in [2.24, 2.45) is 5.73 Å². The minimum Gasteiger partial charge on any atom is -0.327 e. The Kier molecular flexibility index (Phi) is 5.76. The fraction of sp³-hybridized carbons (Fsp3) is 0.500. The number of nitrogens with two attached hydrogens (primary N) is 1. The lowest BCUT2D eigenvalue weighted by Gasteiger charge is -2.12. The molecule has 0 aromatic carbocycles. The molecule has 0 bridgehead atoms. The number of hydrogen-bond donors (Lipinski definition) is 1. The van der Waals surface area contributed by atoms with Crippen LogP contribution in [0.25, 0.3) is 0 Å². The highest BCUT2D eigenvalue weighted by atomic mass is 35.5. The fourth-order valence-corrected chi connectivity index (χ4v) is 2.79. The van der Waals surface area contributed by atoms with Crippen LogP contribution in [-0.4, -0.2) is 20.8 Å². The van der Waals surface area contributed by atoms with Gasteiger partial charge in [-0.15, -0.1) is 0 Å². The molecular formula is C16H23ClN4. The quantitative estimate of drug-likeness (QED) is 0.855. The van der Waals surface area contributed by atoms with Gasteiger partial charge < -0.3 is 5.73 Å². The molecule has 2 heterocycles. The molecule has 1 atom stereocenters. The van der Waals surface area contributed by atoms with Crippen molar-refractivity contribution in [3.63, 3.8) is 0 Å². The molecule has 0 aliphatic carbocycles. The third-order valence-corrected chi connectivity index (χ3v) is 4.08. The van der Waals surface area contributed by atoms with Crippen LogP contribution in [0, 0.1) is 0 Å². The Bertz CT molecular complexity index is 565. The summed E-state index contributed by atoms with van der Waals surface area (Å²) >= 11 is 6.42. The monoisotopic (exact) mass is 306 g/mol. The lowest BCUT2D eigenvalue weighted by atomic mass is 10.0. The standard InChI is InChI=1S/C16H23ClN4/c1-3-14-16(17)15(21(4-2)20-14)11-12(18)8-9-13-7-5-6-10-19-13/h5-7,10,12H,3-4,8-9,11,18H2,1-2H3. The zero-order valence-corrected chi connectivity index (χ0v) is 13.5. The topological polar surface area (TPSA) is 56.7 Å². The number of pyridine rings is 1. The molecule has 5 heteroatoms. The van der Waals surface area contributed by atoms with Gasteiger partial charge in [-0.3, -0.25) is 9.67 Å². The van der Waals surface area contributed by atoms with E-state index in [-0.39, 0.29) is 6.04 Å². The van der Waals surface area contributed by atoms with Crippen LogP contribution in [0.2, 0.25) is 5.02 Å². The molecule has 0 saturated heterocycles. The van der Waals surface area contributed by atoms with Crippen LogP contribution < -0.4 is 5.73 Å². The summed E-state index contributed by atoms with van der Waals surface area (Å²) in [6.07, 6.45) is 5.20. The van der Waals surface area contributed by atoms with E-state index in [4.69, 9.17) is 17.3 Å². The van der Waals surface area contributed by atoms with Gasteiger partial charge in [0.1, 0.15) is 0 Å². The number of nitrogens with zero attached hydrogens (tertiary/aromatic N) is 3. The van der Waals surface area contributed by atoms with Crippen molar-refractivity contribution in [3.05, 3.63) is 46.5 Å². The molecule has 0 amide bonds. The summed E-state index contributed by atoms with van der Waals surface area (Å²) < 4.78 is 1.97. The second kappa shape index (κ2) is 7.57. The predicted molar refractivity (Wildman–Crippen MR) is 86.5 cm³/mol. The van der Waals surface area contributed by atoms with E-state index in [1.54, 1.807) is 0 Å². The van der Waals surface area contributed by atoms with Gasteiger partial charge in [-0.2, -0.15) is 5.10 Å². The maximum Gasteiger partial charge on any atom is 0.0850 e. The Balaban J connectivity index is 1.99. The second-order valence-corrected chi connectivity index (χ2v) is 5.58. The lowest BCUT2D eigenvalue weighted by molar-refractivity contribution is 0.551. The maximum atomic E-state index is 6.42. The molecule has 114 valence electrons. The first-order chi connectivity index (χ1) is 10.2. The molecule has 21 heavy (non-hydrogen) atoms. The number of hydrogen-bond acceptors (Lipinski definition) is 3. The molecule has 2 aromatic heterocycles. The Morgan fingerprint density at radius 1 is 1.33 bits per heavy atom. The van der Waals surface area contributed by atoms with Crippen molar-refractivity contribution in [3.8, 4) is 0 Å². The van der Waals surface area contributed by atoms with E-state index in [1.165, 1.54) is 0 Å². The van der Waals surface area contributed by atoms with Crippen LogP contribution >= 0.6 is 11.6 Å². The summed E-state index contributed by atoms with van der Waals surface area (Å²) in [4.78, 5) is 4.33. The van der Waals surface area contributed by atoms with Crippen LogP contribution in [0.4, 0.5) is 0 Å². The third-order valence-electron chi connectivity index (χ3n) is 3.65. The highest BCUT2D eigenvalue weighted by Crippen LogP contribution is 2.23. The SMILES string of the molecule is CCc1nn(CC)c(CC(N)CCc2ccccn2)c1Cl. The molecule has 0 aliphatic heterocycles. The van der Waals surface area contributed by atoms with Crippen LogP contribution in [0.3, 0.4) is 0 Å². The molecule has 1 unspecified atom stereocenters. The fourth-order valence-electron chi connectivity index (χ4n) is 2.44. The largest absolute Gasteiger partial charge is 0.327 e. The molecule has 0 saturated carbocycles. The Labute approximate surface area is 131 Å². The number of rotatable bonds is 7. The van der Waals surface area contributed by atoms with Crippen LogP contribution in [0.1, 0.15) is 37.4 Å². The second-order valence-electron chi connectivity index (χ2n) is 5.20. The molecule has 0 aliphatic rings. The van der Waals surface area contributed by atoms with Gasteiger partial charge in [-0.1, -0.05) is 24.6 Å². The first kappa shape index (κ1) is 16.0. The van der Waals surface area contributed by atoms with Crippen LogP contribution in [0.15, 0.2) is 24.4 Å². The maximum absolute atomic E-state index is 6.42. The minimum absolute atomic E-state index is 0.0659. The summed E-state index contributed by atoms with van der Waals surface area (Å²) in [5.41, 5.74) is 9.37. The first-order valence-corrected chi connectivity index (χ1v) is 7.93. The Hall–Kier alpha value is -1.39. The summed E-state index contributed by atoms with van der Waals surface area (Å²) in [7, 11) is 0. The highest BCUT2D eigenvalue weighted by molar-refractivity contribution is 6.31. The summed E-state index contributed by atoms with van der Waals surface area (Å²) in [6.45, 7) is 4.96. The van der Waals surface area contributed by atoms with E-state index in [0.717, 1.165) is 54.3 Å². The Morgan fingerprint density at radius 2 is 2.14 bits per heavy atom. The van der Waals surface area contributed by atoms with Gasteiger partial charge in [0.25, 0.3) is 0 Å². The van der Waals surface area contributed by atoms with E-state index in [9.17, 15) is 0 Å². The zero-order valence-electron chi connectivity index (χ0n) is 12.7. The highest BCUT2D eigenvalue weighted by Gasteiger charge is 2.17. The molecule has 4 nitrogen and oxygen atoms in total. The van der Waals surface area contributed by atoms with Crippen molar-refractivity contribution >= 4 is 11.6 Å². The van der Waals surface area contributed by atoms with Crippen LogP contribution in [-0.2, 0) is 25.8 Å². The van der Waals surface area contributed by atoms with Gasteiger partial charge in [0.05, 0.1) is 16.4 Å². The van der Waals surface area contributed by atoms with Crippen molar-refractivity contribution in [1.29, 1.82) is 0 Å². The van der Waals surface area contributed by atoms with E-state index in [0.29, 0.717) is 0 Å². The number of aryl methyl sites for hydroxylation is 3. The van der Waals surface area contributed by atoms with E-state index < -0.39 is 0 Å². The van der Waals surface area contributed by atoms with Crippen molar-refractivity contribution in [2.45, 2.75) is 52.1 Å². The summed E-state index contributed by atoms with van der Waals surface area (Å²) in [6, 6.07) is 6.03. The summed E-state index contributed by atoms with van der Waals surface area (Å²) in [5.74, 6) is 0. The number of aromatic nitrogens is 3. The molecule has 0 fully saturated rings.